The molecular formula is C4H6FO3S-. The highest BCUT2D eigenvalue weighted by molar-refractivity contribution is 7.74. The van der Waals surface area contributed by atoms with Gasteiger partial charge in [0, 0.05) is 12.8 Å². The van der Waals surface area contributed by atoms with Crippen LogP contribution in [0.5, 0.6) is 0 Å². The molecule has 1 fully saturated rings. The van der Waals surface area contributed by atoms with Crippen molar-refractivity contribution in [2.45, 2.75) is 25.1 Å². The van der Waals surface area contributed by atoms with Crippen LogP contribution in [-0.2, 0) is 15.5 Å². The van der Waals surface area contributed by atoms with Gasteiger partial charge in [-0.1, -0.05) is 0 Å². The summed E-state index contributed by atoms with van der Waals surface area (Å²) in [5, 5.41) is 0. The Labute approximate surface area is 54.7 Å². The van der Waals surface area contributed by atoms with E-state index in [2.05, 4.69) is 4.18 Å². The molecule has 1 rings (SSSR count). The topological polar surface area (TPSA) is 49.4 Å². The van der Waals surface area contributed by atoms with E-state index in [9.17, 15) is 13.2 Å². The molecule has 1 saturated carbocycles. The molecule has 1 aliphatic rings. The maximum Gasteiger partial charge on any atom is 0.222 e. The monoisotopic (exact) mass is 153 g/mol. The normalized spacial score (nSPS) is 26.9. The SMILES string of the molecule is O=S([O-])OC1(F)CCC1. The molecule has 0 amide bonds. The molecule has 0 aromatic rings. The van der Waals surface area contributed by atoms with Gasteiger partial charge in [0.1, 0.15) is 0 Å². The zero-order valence-corrected chi connectivity index (χ0v) is 5.45. The van der Waals surface area contributed by atoms with E-state index in [4.69, 9.17) is 0 Å². The molecule has 3 nitrogen and oxygen atoms in total. The van der Waals surface area contributed by atoms with Gasteiger partial charge in [-0.05, 0) is 6.42 Å². The standard InChI is InChI=1S/C4H7FO3S/c5-4(2-1-3-4)8-9(6)7/h1-3H2,(H,6,7)/p-1. The van der Waals surface area contributed by atoms with Gasteiger partial charge in [-0.15, -0.1) is 0 Å². The summed E-state index contributed by atoms with van der Waals surface area (Å²) < 4.78 is 36.0. The van der Waals surface area contributed by atoms with Crippen LogP contribution in [0.2, 0.25) is 0 Å². The number of rotatable bonds is 2. The van der Waals surface area contributed by atoms with E-state index in [0.29, 0.717) is 6.42 Å². The smallest absolute Gasteiger partial charge is 0.222 e. The van der Waals surface area contributed by atoms with Crippen molar-refractivity contribution in [1.82, 2.24) is 0 Å². The van der Waals surface area contributed by atoms with Gasteiger partial charge in [0.05, 0.1) is 11.4 Å². The Morgan fingerprint density at radius 1 is 1.67 bits per heavy atom. The molecule has 0 spiro atoms. The van der Waals surface area contributed by atoms with E-state index in [1.165, 1.54) is 0 Å². The third-order valence-electron chi connectivity index (χ3n) is 1.32. The molecule has 1 aliphatic carbocycles. The van der Waals surface area contributed by atoms with Crippen molar-refractivity contribution in [3.8, 4) is 0 Å². The Morgan fingerprint density at radius 2 is 2.22 bits per heavy atom. The molecule has 0 radical (unpaired) electrons. The highest BCUT2D eigenvalue weighted by atomic mass is 32.2. The fourth-order valence-electron chi connectivity index (χ4n) is 0.660. The summed E-state index contributed by atoms with van der Waals surface area (Å²) in [6, 6.07) is 0. The van der Waals surface area contributed by atoms with Crippen molar-refractivity contribution in [1.29, 1.82) is 0 Å². The van der Waals surface area contributed by atoms with E-state index >= 15 is 0 Å². The molecule has 0 heterocycles. The lowest BCUT2D eigenvalue weighted by molar-refractivity contribution is -0.120. The molecule has 9 heavy (non-hydrogen) atoms. The molecule has 0 aromatic heterocycles. The molecule has 0 aliphatic heterocycles. The Balaban J connectivity index is 2.33. The van der Waals surface area contributed by atoms with Gasteiger partial charge in [0.2, 0.25) is 5.85 Å². The Bertz CT molecular complexity index is 134. The second-order valence-corrected chi connectivity index (χ2v) is 2.60. The third kappa shape index (κ3) is 1.70. The van der Waals surface area contributed by atoms with Crippen LogP contribution in [0.4, 0.5) is 4.39 Å². The molecule has 0 aromatic carbocycles. The van der Waals surface area contributed by atoms with Gasteiger partial charge in [-0.2, -0.15) is 0 Å². The lowest BCUT2D eigenvalue weighted by Crippen LogP contribution is -2.35. The molecule has 1 atom stereocenters. The molecule has 54 valence electrons. The average Bonchev–Trinajstić information content (AvgIpc) is 1.60. The first-order valence-electron chi connectivity index (χ1n) is 2.60. The minimum Gasteiger partial charge on any atom is -0.750 e. The van der Waals surface area contributed by atoms with Crippen molar-refractivity contribution in [3.05, 3.63) is 0 Å². The van der Waals surface area contributed by atoms with Crippen LogP contribution in [0.1, 0.15) is 19.3 Å². The predicted octanol–water partition coefficient (Wildman–Crippen LogP) is 0.647. The minimum atomic E-state index is -2.71. The fraction of sp³-hybridized carbons (Fsp3) is 1.00. The molecule has 5 heteroatoms. The van der Waals surface area contributed by atoms with E-state index in [1.807, 2.05) is 0 Å². The van der Waals surface area contributed by atoms with E-state index in [-0.39, 0.29) is 12.8 Å². The van der Waals surface area contributed by atoms with Crippen LogP contribution < -0.4 is 0 Å². The quantitative estimate of drug-likeness (QED) is 0.547. The number of alkyl halides is 1. The first kappa shape index (κ1) is 7.11. The van der Waals surface area contributed by atoms with Crippen LogP contribution in [-0.4, -0.2) is 14.6 Å². The largest absolute Gasteiger partial charge is 0.750 e. The summed E-state index contributed by atoms with van der Waals surface area (Å²) >= 11 is -2.71. The first-order valence-corrected chi connectivity index (χ1v) is 3.60. The zero-order chi connectivity index (χ0) is 6.91. The lowest BCUT2D eigenvalue weighted by atomic mass is 9.94. The van der Waals surface area contributed by atoms with Gasteiger partial charge < -0.3 is 4.55 Å². The summed E-state index contributed by atoms with van der Waals surface area (Å²) in [5.74, 6) is -1.87. The highest BCUT2D eigenvalue weighted by Crippen LogP contribution is 2.37. The number of hydrogen-bond donors (Lipinski definition) is 0. The van der Waals surface area contributed by atoms with E-state index in [1.54, 1.807) is 0 Å². The van der Waals surface area contributed by atoms with Crippen LogP contribution in [0.3, 0.4) is 0 Å². The predicted molar refractivity (Wildman–Crippen MR) is 27.7 cm³/mol. The van der Waals surface area contributed by atoms with Crippen molar-refractivity contribution in [2.24, 2.45) is 0 Å². The first-order chi connectivity index (χ1) is 4.12. The van der Waals surface area contributed by atoms with Crippen molar-refractivity contribution >= 4 is 11.4 Å². The molecule has 0 saturated heterocycles. The maximum atomic E-state index is 12.5. The van der Waals surface area contributed by atoms with Crippen LogP contribution in [0, 0.1) is 0 Å². The summed E-state index contributed by atoms with van der Waals surface area (Å²) in [4.78, 5) is 0. The molecular weight excluding hydrogens is 147 g/mol. The highest BCUT2D eigenvalue weighted by Gasteiger charge is 2.38. The number of hydrogen-bond acceptors (Lipinski definition) is 3. The number of halogens is 1. The van der Waals surface area contributed by atoms with E-state index < -0.39 is 17.2 Å². The maximum absolute atomic E-state index is 12.5. The van der Waals surface area contributed by atoms with Gasteiger partial charge in [-0.3, -0.25) is 4.18 Å². The summed E-state index contributed by atoms with van der Waals surface area (Å²) in [5.41, 5.74) is 0. The van der Waals surface area contributed by atoms with Crippen molar-refractivity contribution in [3.63, 3.8) is 0 Å². The summed E-state index contributed by atoms with van der Waals surface area (Å²) in [6.45, 7) is 0. The fourth-order valence-corrected chi connectivity index (χ4v) is 1.07. The van der Waals surface area contributed by atoms with Crippen LogP contribution in [0.15, 0.2) is 0 Å². The van der Waals surface area contributed by atoms with E-state index in [0.717, 1.165) is 0 Å². The van der Waals surface area contributed by atoms with Gasteiger partial charge in [0.25, 0.3) is 0 Å². The average molecular weight is 153 g/mol. The van der Waals surface area contributed by atoms with Crippen molar-refractivity contribution < 1.29 is 17.3 Å². The Hall–Kier alpha value is -0.0000000000000000555. The second kappa shape index (κ2) is 2.32. The van der Waals surface area contributed by atoms with Gasteiger partial charge in [-0.25, -0.2) is 8.60 Å². The molecule has 0 bridgehead atoms. The zero-order valence-electron chi connectivity index (χ0n) is 4.63. The lowest BCUT2D eigenvalue weighted by Gasteiger charge is -2.33. The second-order valence-electron chi connectivity index (χ2n) is 2.02. The Morgan fingerprint density at radius 3 is 2.33 bits per heavy atom. The van der Waals surface area contributed by atoms with Crippen LogP contribution in [0.25, 0.3) is 0 Å². The summed E-state index contributed by atoms with van der Waals surface area (Å²) in [6.07, 6.45) is 1.09. The Kier molecular flexibility index (Phi) is 1.83. The molecule has 1 unspecified atom stereocenters. The summed E-state index contributed by atoms with van der Waals surface area (Å²) in [7, 11) is 0. The molecule has 0 N–H and O–H groups in total. The van der Waals surface area contributed by atoms with Gasteiger partial charge in [0.15, 0.2) is 0 Å². The third-order valence-corrected chi connectivity index (χ3v) is 1.75. The van der Waals surface area contributed by atoms with Crippen molar-refractivity contribution in [2.75, 3.05) is 0 Å². The van der Waals surface area contributed by atoms with Gasteiger partial charge >= 0.3 is 0 Å². The van der Waals surface area contributed by atoms with Crippen LogP contribution >= 0.6 is 0 Å². The minimum absolute atomic E-state index is 0.195.